The van der Waals surface area contributed by atoms with Crippen LogP contribution in [-0.2, 0) is 6.42 Å². The van der Waals surface area contributed by atoms with E-state index in [1.807, 2.05) is 49.4 Å². The molecule has 0 bridgehead atoms. The number of urea groups is 1. The van der Waals surface area contributed by atoms with Gasteiger partial charge in [0.2, 0.25) is 0 Å². The summed E-state index contributed by atoms with van der Waals surface area (Å²) < 4.78 is 5.64. The minimum atomic E-state index is -0.611. The number of ether oxygens (including phenoxy) is 1. The van der Waals surface area contributed by atoms with E-state index in [2.05, 4.69) is 10.6 Å². The molecule has 0 saturated carbocycles. The maximum absolute atomic E-state index is 12.4. The Labute approximate surface area is 141 Å². The number of para-hydroxylation sites is 2. The molecule has 0 heterocycles. The monoisotopic (exact) mass is 326 g/mol. The molecule has 2 atom stereocenters. The van der Waals surface area contributed by atoms with Gasteiger partial charge in [-0.15, -0.1) is 0 Å². The summed E-state index contributed by atoms with van der Waals surface area (Å²) in [5, 5.41) is 15.9. The SMILES string of the molecule is CCCOc1ccccc1NC(=O)N[C@H]1c2ccccc2C[C@H]1O. The second-order valence-electron chi connectivity index (χ2n) is 5.89. The molecule has 0 spiro atoms. The van der Waals surface area contributed by atoms with Crippen LogP contribution in [0.3, 0.4) is 0 Å². The van der Waals surface area contributed by atoms with Crippen LogP contribution in [0, 0.1) is 0 Å². The van der Waals surface area contributed by atoms with Crippen LogP contribution < -0.4 is 15.4 Å². The van der Waals surface area contributed by atoms with E-state index < -0.39 is 12.1 Å². The number of hydrogen-bond donors (Lipinski definition) is 3. The van der Waals surface area contributed by atoms with Crippen LogP contribution in [0.1, 0.15) is 30.5 Å². The summed E-state index contributed by atoms with van der Waals surface area (Å²) in [6, 6.07) is 14.3. The average Bonchev–Trinajstić information content (AvgIpc) is 2.90. The molecule has 0 unspecified atom stereocenters. The Kier molecular flexibility index (Phi) is 5.01. The van der Waals surface area contributed by atoms with E-state index in [1.165, 1.54) is 0 Å². The van der Waals surface area contributed by atoms with E-state index in [9.17, 15) is 9.90 Å². The van der Waals surface area contributed by atoms with Gasteiger partial charge < -0.3 is 20.5 Å². The van der Waals surface area contributed by atoms with Crippen molar-refractivity contribution in [2.75, 3.05) is 11.9 Å². The van der Waals surface area contributed by atoms with Gasteiger partial charge in [0.1, 0.15) is 5.75 Å². The van der Waals surface area contributed by atoms with Crippen LogP contribution in [0.25, 0.3) is 0 Å². The zero-order chi connectivity index (χ0) is 16.9. The molecule has 126 valence electrons. The van der Waals surface area contributed by atoms with Crippen LogP contribution in [-0.4, -0.2) is 23.8 Å². The average molecular weight is 326 g/mol. The smallest absolute Gasteiger partial charge is 0.319 e. The first-order valence-electron chi connectivity index (χ1n) is 8.24. The first-order valence-corrected chi connectivity index (χ1v) is 8.24. The fraction of sp³-hybridized carbons (Fsp3) is 0.316. The highest BCUT2D eigenvalue weighted by atomic mass is 16.5. The van der Waals surface area contributed by atoms with Crippen molar-refractivity contribution in [1.29, 1.82) is 0 Å². The molecular weight excluding hydrogens is 304 g/mol. The van der Waals surface area contributed by atoms with E-state index in [4.69, 9.17) is 4.74 Å². The maximum Gasteiger partial charge on any atom is 0.319 e. The molecule has 0 saturated heterocycles. The lowest BCUT2D eigenvalue weighted by molar-refractivity contribution is 0.144. The summed E-state index contributed by atoms with van der Waals surface area (Å²) >= 11 is 0. The quantitative estimate of drug-likeness (QED) is 0.790. The van der Waals surface area contributed by atoms with Crippen LogP contribution >= 0.6 is 0 Å². The van der Waals surface area contributed by atoms with Gasteiger partial charge in [0, 0.05) is 6.42 Å². The van der Waals surface area contributed by atoms with Gasteiger partial charge in [0.25, 0.3) is 0 Å². The number of benzene rings is 2. The van der Waals surface area contributed by atoms with Gasteiger partial charge in [-0.3, -0.25) is 0 Å². The zero-order valence-corrected chi connectivity index (χ0v) is 13.7. The highest BCUT2D eigenvalue weighted by Gasteiger charge is 2.31. The molecule has 0 fully saturated rings. The molecule has 5 heteroatoms. The molecule has 3 rings (SSSR count). The van der Waals surface area contributed by atoms with Gasteiger partial charge in [0.05, 0.1) is 24.4 Å². The number of carbonyl (C=O) groups excluding carboxylic acids is 1. The third kappa shape index (κ3) is 3.51. The predicted octanol–water partition coefficient (Wildman–Crippen LogP) is 3.26. The third-order valence-corrected chi connectivity index (χ3v) is 4.09. The fourth-order valence-electron chi connectivity index (χ4n) is 2.96. The molecule has 24 heavy (non-hydrogen) atoms. The van der Waals surface area contributed by atoms with Crippen molar-refractivity contribution >= 4 is 11.7 Å². The summed E-state index contributed by atoms with van der Waals surface area (Å²) in [4.78, 5) is 12.4. The lowest BCUT2D eigenvalue weighted by Crippen LogP contribution is -2.36. The molecule has 0 aliphatic heterocycles. The van der Waals surface area contributed by atoms with E-state index in [1.54, 1.807) is 6.07 Å². The second kappa shape index (κ2) is 7.36. The van der Waals surface area contributed by atoms with Gasteiger partial charge >= 0.3 is 6.03 Å². The molecule has 0 radical (unpaired) electrons. The Morgan fingerprint density at radius 2 is 1.96 bits per heavy atom. The fourth-order valence-corrected chi connectivity index (χ4v) is 2.96. The van der Waals surface area contributed by atoms with Gasteiger partial charge in [-0.05, 0) is 29.7 Å². The number of rotatable bonds is 5. The number of carbonyl (C=O) groups is 1. The minimum absolute atomic E-state index is 0.358. The summed E-state index contributed by atoms with van der Waals surface area (Å²) in [6.45, 7) is 2.62. The lowest BCUT2D eigenvalue weighted by atomic mass is 10.1. The summed E-state index contributed by atoms with van der Waals surface area (Å²) in [6.07, 6.45) is 0.836. The number of anilines is 1. The third-order valence-electron chi connectivity index (χ3n) is 4.09. The molecule has 2 aromatic carbocycles. The highest BCUT2D eigenvalue weighted by molar-refractivity contribution is 5.91. The Hall–Kier alpha value is -2.53. The van der Waals surface area contributed by atoms with Gasteiger partial charge in [-0.2, -0.15) is 0 Å². The minimum Gasteiger partial charge on any atom is -0.491 e. The van der Waals surface area contributed by atoms with Crippen LogP contribution in [0.15, 0.2) is 48.5 Å². The van der Waals surface area contributed by atoms with Crippen molar-refractivity contribution in [1.82, 2.24) is 5.32 Å². The van der Waals surface area contributed by atoms with Crippen molar-refractivity contribution in [3.63, 3.8) is 0 Å². The van der Waals surface area contributed by atoms with E-state index >= 15 is 0 Å². The molecule has 0 aromatic heterocycles. The molecule has 2 aromatic rings. The first kappa shape index (κ1) is 16.3. The number of aliphatic hydroxyl groups is 1. The van der Waals surface area contributed by atoms with Gasteiger partial charge in [0.15, 0.2) is 0 Å². The molecule has 1 aliphatic rings. The number of amides is 2. The number of aliphatic hydroxyl groups excluding tert-OH is 1. The largest absolute Gasteiger partial charge is 0.491 e. The molecule has 5 nitrogen and oxygen atoms in total. The molecule has 3 N–H and O–H groups in total. The molecule has 2 amide bonds. The van der Waals surface area contributed by atoms with Crippen LogP contribution in [0.4, 0.5) is 10.5 Å². The van der Waals surface area contributed by atoms with E-state index in [-0.39, 0.29) is 6.03 Å². The van der Waals surface area contributed by atoms with Crippen LogP contribution in [0.5, 0.6) is 5.75 Å². The van der Waals surface area contributed by atoms with Gasteiger partial charge in [-0.25, -0.2) is 4.79 Å². The van der Waals surface area contributed by atoms with Crippen molar-refractivity contribution < 1.29 is 14.6 Å². The van der Waals surface area contributed by atoms with E-state index in [0.717, 1.165) is 17.5 Å². The first-order chi connectivity index (χ1) is 11.7. The number of hydrogen-bond acceptors (Lipinski definition) is 3. The zero-order valence-electron chi connectivity index (χ0n) is 13.7. The Bertz CT molecular complexity index is 717. The normalized spacial score (nSPS) is 18.8. The Balaban J connectivity index is 1.68. The van der Waals surface area contributed by atoms with Gasteiger partial charge in [-0.1, -0.05) is 43.3 Å². The van der Waals surface area contributed by atoms with Crippen molar-refractivity contribution in [3.8, 4) is 5.75 Å². The Morgan fingerprint density at radius 3 is 2.79 bits per heavy atom. The highest BCUT2D eigenvalue weighted by Crippen LogP contribution is 2.31. The number of fused-ring (bicyclic) bond motifs is 1. The standard InChI is InChI=1S/C19H22N2O3/c1-2-11-24-17-10-6-5-9-15(17)20-19(23)21-18-14-8-4-3-7-13(14)12-16(18)22/h3-10,16,18,22H,2,11-12H2,1H3,(H2,20,21,23)/t16-,18+/m1/s1. The molecular formula is C19H22N2O3. The van der Waals surface area contributed by atoms with Crippen LogP contribution in [0.2, 0.25) is 0 Å². The topological polar surface area (TPSA) is 70.6 Å². The van der Waals surface area contributed by atoms with Crippen molar-refractivity contribution in [2.24, 2.45) is 0 Å². The summed E-state index contributed by atoms with van der Waals surface area (Å²) in [7, 11) is 0. The molecule has 1 aliphatic carbocycles. The number of nitrogens with one attached hydrogen (secondary N) is 2. The second-order valence-corrected chi connectivity index (χ2v) is 5.89. The lowest BCUT2D eigenvalue weighted by Gasteiger charge is -2.19. The maximum atomic E-state index is 12.4. The summed E-state index contributed by atoms with van der Waals surface area (Å²) in [5.74, 6) is 0.641. The van der Waals surface area contributed by atoms with E-state index in [0.29, 0.717) is 24.5 Å². The van der Waals surface area contributed by atoms with Crippen molar-refractivity contribution in [3.05, 3.63) is 59.7 Å². The summed E-state index contributed by atoms with van der Waals surface area (Å²) in [5.41, 5.74) is 2.65. The van der Waals surface area contributed by atoms with Crippen molar-refractivity contribution in [2.45, 2.75) is 31.9 Å². The predicted molar refractivity (Wildman–Crippen MR) is 93.3 cm³/mol. The Morgan fingerprint density at radius 1 is 1.21 bits per heavy atom.